The van der Waals surface area contributed by atoms with E-state index in [0.29, 0.717) is 12.0 Å². The van der Waals surface area contributed by atoms with Crippen molar-refractivity contribution in [1.29, 1.82) is 0 Å². The van der Waals surface area contributed by atoms with Crippen LogP contribution in [0.15, 0.2) is 12.4 Å². The smallest absolute Gasteiger partial charge is 0.122 e. The molecule has 0 saturated heterocycles. The fraction of sp³-hybridized carbons (Fsp3) is 0.786. The lowest BCUT2D eigenvalue weighted by atomic mass is 9.95. The highest BCUT2D eigenvalue weighted by atomic mass is 15.2. The topological polar surface area (TPSA) is 47.1 Å². The molecule has 2 heterocycles. The molecule has 2 atom stereocenters. The Bertz CT molecular complexity index is 387. The van der Waals surface area contributed by atoms with Gasteiger partial charge in [-0.3, -0.25) is 4.90 Å². The average Bonchev–Trinajstić information content (AvgIpc) is 2.75. The van der Waals surface area contributed by atoms with Gasteiger partial charge in [0.2, 0.25) is 0 Å². The summed E-state index contributed by atoms with van der Waals surface area (Å²) < 4.78 is 2.27. The molecule has 2 unspecified atom stereocenters. The maximum absolute atomic E-state index is 6.32. The molecule has 0 radical (unpaired) electrons. The minimum atomic E-state index is 0.411. The van der Waals surface area contributed by atoms with Gasteiger partial charge in [-0.1, -0.05) is 19.3 Å². The normalized spacial score (nSPS) is 29.8. The van der Waals surface area contributed by atoms with Crippen LogP contribution in [-0.2, 0) is 13.1 Å². The molecule has 0 amide bonds. The van der Waals surface area contributed by atoms with Crippen LogP contribution in [0.5, 0.6) is 0 Å². The number of rotatable bonds is 2. The molecule has 100 valence electrons. The molecule has 18 heavy (non-hydrogen) atoms. The van der Waals surface area contributed by atoms with Gasteiger partial charge in [0.1, 0.15) is 5.82 Å². The first-order valence-corrected chi connectivity index (χ1v) is 7.31. The fourth-order valence-corrected chi connectivity index (χ4v) is 3.35. The number of imidazole rings is 1. The summed E-state index contributed by atoms with van der Waals surface area (Å²) >= 11 is 0. The van der Waals surface area contributed by atoms with Gasteiger partial charge in [-0.05, 0) is 18.8 Å². The molecular formula is C14H24N4. The van der Waals surface area contributed by atoms with Crippen molar-refractivity contribution in [1.82, 2.24) is 14.5 Å². The molecule has 1 aromatic rings. The van der Waals surface area contributed by atoms with E-state index >= 15 is 0 Å². The zero-order valence-electron chi connectivity index (χ0n) is 11.1. The molecular weight excluding hydrogens is 224 g/mol. The number of hydrogen-bond acceptors (Lipinski definition) is 3. The lowest BCUT2D eigenvalue weighted by Crippen LogP contribution is -2.42. The van der Waals surface area contributed by atoms with Crippen molar-refractivity contribution in [3.63, 3.8) is 0 Å². The van der Waals surface area contributed by atoms with Gasteiger partial charge in [0.05, 0.1) is 6.54 Å². The molecule has 1 aliphatic heterocycles. The minimum Gasteiger partial charge on any atom is -0.333 e. The van der Waals surface area contributed by atoms with Crippen LogP contribution in [0.2, 0.25) is 0 Å². The third kappa shape index (κ3) is 2.59. The summed E-state index contributed by atoms with van der Waals surface area (Å²) in [5, 5.41) is 0. The molecule has 2 aliphatic rings. The lowest BCUT2D eigenvalue weighted by Gasteiger charge is -2.32. The highest BCUT2D eigenvalue weighted by Gasteiger charge is 2.25. The summed E-state index contributed by atoms with van der Waals surface area (Å²) in [7, 11) is 0. The summed E-state index contributed by atoms with van der Waals surface area (Å²) in [6.07, 6.45) is 10.6. The van der Waals surface area contributed by atoms with Crippen LogP contribution in [0, 0.1) is 5.92 Å². The van der Waals surface area contributed by atoms with E-state index < -0.39 is 0 Å². The zero-order chi connectivity index (χ0) is 12.4. The van der Waals surface area contributed by atoms with Gasteiger partial charge in [0.15, 0.2) is 0 Å². The van der Waals surface area contributed by atoms with Gasteiger partial charge in [0.25, 0.3) is 0 Å². The first-order valence-electron chi connectivity index (χ1n) is 7.31. The molecule has 3 rings (SSSR count). The van der Waals surface area contributed by atoms with E-state index in [4.69, 9.17) is 5.73 Å². The Hall–Kier alpha value is -0.870. The summed E-state index contributed by atoms with van der Waals surface area (Å²) in [4.78, 5) is 6.97. The van der Waals surface area contributed by atoms with Crippen molar-refractivity contribution in [2.45, 2.75) is 51.2 Å². The number of fused-ring (bicyclic) bond motifs is 1. The third-order valence-electron chi connectivity index (χ3n) is 4.53. The molecule has 0 aromatic carbocycles. The van der Waals surface area contributed by atoms with Crippen molar-refractivity contribution in [2.75, 3.05) is 13.1 Å². The fourth-order valence-electron chi connectivity index (χ4n) is 3.35. The van der Waals surface area contributed by atoms with Crippen molar-refractivity contribution >= 4 is 0 Å². The SMILES string of the molecule is NC1CCCCCC1CN1CCn2ccnc2C1. The largest absolute Gasteiger partial charge is 0.333 e. The van der Waals surface area contributed by atoms with Crippen molar-refractivity contribution in [3.8, 4) is 0 Å². The van der Waals surface area contributed by atoms with Crippen molar-refractivity contribution < 1.29 is 0 Å². The highest BCUT2D eigenvalue weighted by Crippen LogP contribution is 2.24. The summed E-state index contributed by atoms with van der Waals surface area (Å²) in [6.45, 7) is 4.38. The Balaban J connectivity index is 1.60. The van der Waals surface area contributed by atoms with E-state index in [9.17, 15) is 0 Å². The van der Waals surface area contributed by atoms with E-state index in [2.05, 4.69) is 20.6 Å². The van der Waals surface area contributed by atoms with E-state index in [0.717, 1.165) is 26.2 Å². The second kappa shape index (κ2) is 5.41. The molecule has 1 saturated carbocycles. The Morgan fingerprint density at radius 1 is 1.22 bits per heavy atom. The van der Waals surface area contributed by atoms with Crippen LogP contribution >= 0.6 is 0 Å². The molecule has 0 spiro atoms. The van der Waals surface area contributed by atoms with Crippen LogP contribution in [-0.4, -0.2) is 33.6 Å². The molecule has 0 bridgehead atoms. The Morgan fingerprint density at radius 3 is 3.06 bits per heavy atom. The van der Waals surface area contributed by atoms with E-state index in [1.54, 1.807) is 0 Å². The molecule has 1 fully saturated rings. The average molecular weight is 248 g/mol. The summed E-state index contributed by atoms with van der Waals surface area (Å²) in [5.74, 6) is 1.90. The predicted octanol–water partition coefficient (Wildman–Crippen LogP) is 1.61. The summed E-state index contributed by atoms with van der Waals surface area (Å²) in [5.41, 5.74) is 6.32. The standard InChI is InChI=1S/C14H24N4/c15-13-5-3-1-2-4-12(13)10-17-8-9-18-7-6-16-14(18)11-17/h6-7,12-13H,1-5,8-11,15H2. The molecule has 4 heteroatoms. The molecule has 2 N–H and O–H groups in total. The number of nitrogens with two attached hydrogens (primary N) is 1. The van der Waals surface area contributed by atoms with Crippen LogP contribution < -0.4 is 5.73 Å². The van der Waals surface area contributed by atoms with E-state index in [1.807, 2.05) is 6.20 Å². The molecule has 4 nitrogen and oxygen atoms in total. The van der Waals surface area contributed by atoms with Crippen LogP contribution in [0.1, 0.15) is 37.9 Å². The lowest BCUT2D eigenvalue weighted by molar-refractivity contribution is 0.168. The second-order valence-electron chi connectivity index (χ2n) is 5.83. The Kier molecular flexibility index (Phi) is 3.66. The Morgan fingerprint density at radius 2 is 2.11 bits per heavy atom. The van der Waals surface area contributed by atoms with Crippen LogP contribution in [0.3, 0.4) is 0 Å². The van der Waals surface area contributed by atoms with Crippen LogP contribution in [0.4, 0.5) is 0 Å². The van der Waals surface area contributed by atoms with E-state index in [1.165, 1.54) is 37.9 Å². The maximum Gasteiger partial charge on any atom is 0.122 e. The van der Waals surface area contributed by atoms with Gasteiger partial charge in [-0.2, -0.15) is 0 Å². The number of hydrogen-bond donors (Lipinski definition) is 1. The van der Waals surface area contributed by atoms with Gasteiger partial charge in [0, 0.05) is 38.1 Å². The quantitative estimate of drug-likeness (QED) is 0.809. The van der Waals surface area contributed by atoms with E-state index in [-0.39, 0.29) is 0 Å². The van der Waals surface area contributed by atoms with Gasteiger partial charge in [-0.15, -0.1) is 0 Å². The predicted molar refractivity (Wildman–Crippen MR) is 72.1 cm³/mol. The third-order valence-corrected chi connectivity index (χ3v) is 4.53. The van der Waals surface area contributed by atoms with Crippen LogP contribution in [0.25, 0.3) is 0 Å². The highest BCUT2D eigenvalue weighted by molar-refractivity contribution is 4.96. The van der Waals surface area contributed by atoms with Crippen molar-refractivity contribution in [3.05, 3.63) is 18.2 Å². The monoisotopic (exact) mass is 248 g/mol. The Labute approximate surface area is 109 Å². The second-order valence-corrected chi connectivity index (χ2v) is 5.83. The molecule has 1 aliphatic carbocycles. The summed E-state index contributed by atoms with van der Waals surface area (Å²) in [6, 6.07) is 0.411. The zero-order valence-corrected chi connectivity index (χ0v) is 11.1. The molecule has 1 aromatic heterocycles. The first-order chi connectivity index (χ1) is 8.83. The number of nitrogens with zero attached hydrogens (tertiary/aromatic N) is 3. The maximum atomic E-state index is 6.32. The van der Waals surface area contributed by atoms with Gasteiger partial charge >= 0.3 is 0 Å². The van der Waals surface area contributed by atoms with Gasteiger partial charge < -0.3 is 10.3 Å². The minimum absolute atomic E-state index is 0.411. The number of aromatic nitrogens is 2. The first kappa shape index (κ1) is 12.2. The van der Waals surface area contributed by atoms with Crippen molar-refractivity contribution in [2.24, 2.45) is 11.7 Å². The van der Waals surface area contributed by atoms with Gasteiger partial charge in [-0.25, -0.2) is 4.98 Å².